The Morgan fingerprint density at radius 1 is 1.00 bits per heavy atom. The Bertz CT molecular complexity index is 573. The summed E-state index contributed by atoms with van der Waals surface area (Å²) in [6.07, 6.45) is 3.49. The molecular formula is C16H19NO. The second-order valence-corrected chi connectivity index (χ2v) is 5.06. The highest BCUT2D eigenvalue weighted by Gasteiger charge is 2.27. The molecule has 0 fully saturated rings. The second kappa shape index (κ2) is 4.54. The van der Waals surface area contributed by atoms with Gasteiger partial charge in [-0.15, -0.1) is 0 Å². The standard InChI is InChI=1S/C16H19NO/c1-11-5-6-14(9-13(11)3)16(4,18)15-10-17-8-7-12(15)2/h5-10,18H,1-4H3. The third-order valence-electron chi connectivity index (χ3n) is 3.63. The van der Waals surface area contributed by atoms with E-state index in [2.05, 4.69) is 18.8 Å². The molecular weight excluding hydrogens is 222 g/mol. The van der Waals surface area contributed by atoms with Crippen molar-refractivity contribution in [3.8, 4) is 0 Å². The number of hydrogen-bond acceptors (Lipinski definition) is 2. The fourth-order valence-electron chi connectivity index (χ4n) is 2.17. The fourth-order valence-corrected chi connectivity index (χ4v) is 2.17. The van der Waals surface area contributed by atoms with E-state index in [4.69, 9.17) is 0 Å². The monoisotopic (exact) mass is 241 g/mol. The summed E-state index contributed by atoms with van der Waals surface area (Å²) < 4.78 is 0. The molecule has 1 aromatic heterocycles. The summed E-state index contributed by atoms with van der Waals surface area (Å²) in [5.74, 6) is 0. The minimum Gasteiger partial charge on any atom is -0.381 e. The SMILES string of the molecule is Cc1ccc(C(C)(O)c2cnccc2C)cc1C. The van der Waals surface area contributed by atoms with E-state index in [1.165, 1.54) is 11.1 Å². The van der Waals surface area contributed by atoms with E-state index < -0.39 is 5.60 Å². The maximum Gasteiger partial charge on any atom is 0.114 e. The Labute approximate surface area is 108 Å². The number of pyridine rings is 1. The summed E-state index contributed by atoms with van der Waals surface area (Å²) in [4.78, 5) is 4.12. The average molecular weight is 241 g/mol. The summed E-state index contributed by atoms with van der Waals surface area (Å²) in [6, 6.07) is 7.99. The van der Waals surface area contributed by atoms with Gasteiger partial charge in [-0.1, -0.05) is 18.2 Å². The number of nitrogens with zero attached hydrogens (tertiary/aromatic N) is 1. The van der Waals surface area contributed by atoms with Crippen molar-refractivity contribution in [2.75, 3.05) is 0 Å². The summed E-state index contributed by atoms with van der Waals surface area (Å²) in [7, 11) is 0. The van der Waals surface area contributed by atoms with Gasteiger partial charge in [-0.25, -0.2) is 0 Å². The molecule has 1 N–H and O–H groups in total. The molecule has 0 aliphatic rings. The molecule has 2 nitrogen and oxygen atoms in total. The molecule has 1 aromatic carbocycles. The second-order valence-electron chi connectivity index (χ2n) is 5.06. The zero-order valence-electron chi connectivity index (χ0n) is 11.4. The lowest BCUT2D eigenvalue weighted by Crippen LogP contribution is -2.24. The molecule has 2 rings (SSSR count). The summed E-state index contributed by atoms with van der Waals surface area (Å²) in [5.41, 5.74) is 4.23. The van der Waals surface area contributed by atoms with E-state index in [1.54, 1.807) is 12.4 Å². The van der Waals surface area contributed by atoms with Crippen molar-refractivity contribution in [3.63, 3.8) is 0 Å². The molecule has 0 aliphatic heterocycles. The molecule has 0 amide bonds. The van der Waals surface area contributed by atoms with Gasteiger partial charge >= 0.3 is 0 Å². The van der Waals surface area contributed by atoms with Crippen LogP contribution in [0.4, 0.5) is 0 Å². The Hall–Kier alpha value is -1.67. The maximum absolute atomic E-state index is 10.8. The van der Waals surface area contributed by atoms with Crippen LogP contribution in [0, 0.1) is 20.8 Å². The van der Waals surface area contributed by atoms with Crippen LogP contribution >= 0.6 is 0 Å². The molecule has 0 aliphatic carbocycles. The van der Waals surface area contributed by atoms with Crippen LogP contribution in [0.25, 0.3) is 0 Å². The molecule has 2 aromatic rings. The highest BCUT2D eigenvalue weighted by atomic mass is 16.3. The average Bonchev–Trinajstić information content (AvgIpc) is 2.33. The fraction of sp³-hybridized carbons (Fsp3) is 0.312. The first-order valence-electron chi connectivity index (χ1n) is 6.14. The van der Waals surface area contributed by atoms with Crippen LogP contribution in [0.1, 0.15) is 34.7 Å². The largest absolute Gasteiger partial charge is 0.381 e. The predicted molar refractivity (Wildman–Crippen MR) is 73.6 cm³/mol. The smallest absolute Gasteiger partial charge is 0.114 e. The highest BCUT2D eigenvalue weighted by molar-refractivity contribution is 5.41. The summed E-state index contributed by atoms with van der Waals surface area (Å²) in [5, 5.41) is 10.8. The van der Waals surface area contributed by atoms with Gasteiger partial charge in [-0.3, -0.25) is 4.98 Å². The number of aliphatic hydroxyl groups is 1. The van der Waals surface area contributed by atoms with Crippen LogP contribution in [-0.4, -0.2) is 10.1 Å². The van der Waals surface area contributed by atoms with Gasteiger partial charge in [0.05, 0.1) is 0 Å². The van der Waals surface area contributed by atoms with Gasteiger partial charge in [-0.05, 0) is 56.0 Å². The van der Waals surface area contributed by atoms with Crippen LogP contribution in [0.15, 0.2) is 36.7 Å². The molecule has 1 unspecified atom stereocenters. The normalized spacial score (nSPS) is 14.3. The van der Waals surface area contributed by atoms with Crippen LogP contribution in [-0.2, 0) is 5.60 Å². The van der Waals surface area contributed by atoms with E-state index in [0.717, 1.165) is 16.7 Å². The summed E-state index contributed by atoms with van der Waals surface area (Å²) >= 11 is 0. The van der Waals surface area contributed by atoms with Crippen LogP contribution < -0.4 is 0 Å². The van der Waals surface area contributed by atoms with Crippen molar-refractivity contribution in [2.24, 2.45) is 0 Å². The molecule has 2 heteroatoms. The van der Waals surface area contributed by atoms with Crippen LogP contribution in [0.2, 0.25) is 0 Å². The van der Waals surface area contributed by atoms with E-state index in [-0.39, 0.29) is 0 Å². The zero-order chi connectivity index (χ0) is 13.3. The van der Waals surface area contributed by atoms with Crippen molar-refractivity contribution in [2.45, 2.75) is 33.3 Å². The van der Waals surface area contributed by atoms with Gasteiger partial charge < -0.3 is 5.11 Å². The van der Waals surface area contributed by atoms with Crippen LogP contribution in [0.5, 0.6) is 0 Å². The van der Waals surface area contributed by atoms with Gasteiger partial charge in [-0.2, -0.15) is 0 Å². The Morgan fingerprint density at radius 2 is 1.72 bits per heavy atom. The van der Waals surface area contributed by atoms with E-state index in [9.17, 15) is 5.11 Å². The minimum atomic E-state index is -1.00. The molecule has 0 saturated heterocycles. The third-order valence-corrected chi connectivity index (χ3v) is 3.63. The molecule has 1 heterocycles. The Morgan fingerprint density at radius 3 is 2.33 bits per heavy atom. The van der Waals surface area contributed by atoms with Crippen molar-refractivity contribution < 1.29 is 5.11 Å². The van der Waals surface area contributed by atoms with Gasteiger partial charge in [0, 0.05) is 18.0 Å². The molecule has 1 atom stereocenters. The lowest BCUT2D eigenvalue weighted by atomic mass is 9.85. The number of rotatable bonds is 2. The van der Waals surface area contributed by atoms with Gasteiger partial charge in [0.15, 0.2) is 0 Å². The van der Waals surface area contributed by atoms with Crippen LogP contribution in [0.3, 0.4) is 0 Å². The topological polar surface area (TPSA) is 33.1 Å². The van der Waals surface area contributed by atoms with Crippen molar-refractivity contribution >= 4 is 0 Å². The molecule has 0 bridgehead atoms. The molecule has 94 valence electrons. The summed E-state index contributed by atoms with van der Waals surface area (Å²) in [6.45, 7) is 7.95. The minimum absolute atomic E-state index is 0.855. The molecule has 0 saturated carbocycles. The number of aryl methyl sites for hydroxylation is 3. The lowest BCUT2D eigenvalue weighted by Gasteiger charge is -2.26. The number of benzene rings is 1. The third kappa shape index (κ3) is 2.16. The van der Waals surface area contributed by atoms with Crippen molar-refractivity contribution in [1.82, 2.24) is 4.98 Å². The molecule has 18 heavy (non-hydrogen) atoms. The van der Waals surface area contributed by atoms with Gasteiger partial charge in [0.1, 0.15) is 5.60 Å². The van der Waals surface area contributed by atoms with Gasteiger partial charge in [0.2, 0.25) is 0 Å². The van der Waals surface area contributed by atoms with E-state index in [0.29, 0.717) is 0 Å². The van der Waals surface area contributed by atoms with Gasteiger partial charge in [0.25, 0.3) is 0 Å². The number of aromatic nitrogens is 1. The Kier molecular flexibility index (Phi) is 3.22. The maximum atomic E-state index is 10.8. The molecule has 0 spiro atoms. The zero-order valence-corrected chi connectivity index (χ0v) is 11.4. The first-order chi connectivity index (χ1) is 8.43. The van der Waals surface area contributed by atoms with Crippen molar-refractivity contribution in [1.29, 1.82) is 0 Å². The predicted octanol–water partition coefficient (Wildman–Crippen LogP) is 3.26. The first kappa shape index (κ1) is 12.8. The lowest BCUT2D eigenvalue weighted by molar-refractivity contribution is 0.101. The van der Waals surface area contributed by atoms with E-state index >= 15 is 0 Å². The molecule has 0 radical (unpaired) electrons. The highest BCUT2D eigenvalue weighted by Crippen LogP contribution is 2.31. The Balaban J connectivity index is 2.54. The first-order valence-corrected chi connectivity index (χ1v) is 6.14. The number of hydrogen-bond donors (Lipinski definition) is 1. The van der Waals surface area contributed by atoms with E-state index in [1.807, 2.05) is 38.1 Å². The van der Waals surface area contributed by atoms with Crippen molar-refractivity contribution in [3.05, 3.63) is 64.5 Å². The quantitative estimate of drug-likeness (QED) is 0.875.